The van der Waals surface area contributed by atoms with Gasteiger partial charge in [0.2, 0.25) is 11.5 Å². The maximum atomic E-state index is 10.8. The predicted molar refractivity (Wildman–Crippen MR) is 143 cm³/mol. The van der Waals surface area contributed by atoms with E-state index in [0.29, 0.717) is 12.1 Å². The monoisotopic (exact) mass is 610 g/mol. The van der Waals surface area contributed by atoms with Crippen molar-refractivity contribution in [3.8, 4) is 11.5 Å². The number of benzene rings is 2. The number of halogens is 2. The Hall–Kier alpha value is -4.26. The summed E-state index contributed by atoms with van der Waals surface area (Å²) in [4.78, 5) is 42.5. The molecule has 0 aliphatic carbocycles. The molecule has 2 aromatic rings. The molecule has 0 radical (unpaired) electrons. The Balaban J connectivity index is 0.000000400. The molecule has 0 aliphatic heterocycles. The molecule has 0 aromatic heterocycles. The van der Waals surface area contributed by atoms with Gasteiger partial charge in [0.1, 0.15) is 0 Å². The number of alkyl halides is 2. The van der Waals surface area contributed by atoms with Gasteiger partial charge in [0, 0.05) is 50.1 Å². The highest BCUT2D eigenvalue weighted by atomic mass is 35.5. The third-order valence-corrected chi connectivity index (χ3v) is 5.39. The molecule has 40 heavy (non-hydrogen) atoms. The van der Waals surface area contributed by atoms with Gasteiger partial charge in [0.25, 0.3) is 11.4 Å². The Morgan fingerprint density at radius 3 is 1.18 bits per heavy atom. The van der Waals surface area contributed by atoms with Gasteiger partial charge in [-0.05, 0) is 0 Å². The molecule has 2 rings (SSSR count). The minimum absolute atomic E-state index is 0.0350. The fourth-order valence-electron chi connectivity index (χ4n) is 3.30. The van der Waals surface area contributed by atoms with Crippen molar-refractivity contribution < 1.29 is 40.1 Å². The van der Waals surface area contributed by atoms with Crippen molar-refractivity contribution in [2.24, 2.45) is 0 Å². The molecule has 0 fully saturated rings. The van der Waals surface area contributed by atoms with Crippen LogP contribution in [0.3, 0.4) is 0 Å². The summed E-state index contributed by atoms with van der Waals surface area (Å²) in [6, 6.07) is 3.36. The molecule has 0 aliphatic rings. The standard InChI is InChI=1S/C10H11Cl2N3O5.C10H13N3O7/c11-1-3-13(4-2-12)8-5-7(14(17)18)6-9(10(8)16)15(19)20;14-3-1-11(2-4-15)8-5-7(12(17)18)6-9(10(8)16)13(19)20/h5-6,16H,1-4H2;5-6,14-16H,1-4H2. The second-order valence-corrected chi connectivity index (χ2v) is 8.25. The van der Waals surface area contributed by atoms with Crippen molar-refractivity contribution in [1.29, 1.82) is 0 Å². The number of hydrogen-bond acceptors (Lipinski definition) is 14. The van der Waals surface area contributed by atoms with Crippen LogP contribution in [-0.2, 0) is 0 Å². The van der Waals surface area contributed by atoms with E-state index in [1.165, 1.54) is 9.80 Å². The molecule has 0 unspecified atom stereocenters. The normalized spacial score (nSPS) is 10.3. The Bertz CT molecular complexity index is 1130. The van der Waals surface area contributed by atoms with Crippen molar-refractivity contribution in [2.45, 2.75) is 0 Å². The van der Waals surface area contributed by atoms with Gasteiger partial charge in [-0.3, -0.25) is 40.5 Å². The Morgan fingerprint density at radius 1 is 0.600 bits per heavy atom. The molecule has 18 nitrogen and oxygen atoms in total. The van der Waals surface area contributed by atoms with E-state index in [2.05, 4.69) is 0 Å². The number of aliphatic hydroxyl groups excluding tert-OH is 2. The second-order valence-electron chi connectivity index (χ2n) is 7.49. The smallest absolute Gasteiger partial charge is 0.319 e. The molecular formula is C20H24Cl2N6O12. The number of non-ortho nitro benzene ring substituents is 2. The summed E-state index contributed by atoms with van der Waals surface area (Å²) in [6.45, 7) is -0.328. The highest BCUT2D eigenvalue weighted by Gasteiger charge is 2.27. The van der Waals surface area contributed by atoms with E-state index in [4.69, 9.17) is 33.4 Å². The van der Waals surface area contributed by atoms with E-state index in [9.17, 15) is 50.7 Å². The quantitative estimate of drug-likeness (QED) is 0.136. The Kier molecular flexibility index (Phi) is 13.5. The molecule has 2 aromatic carbocycles. The molecule has 20 heteroatoms. The topological polar surface area (TPSA) is 260 Å². The molecule has 0 atom stereocenters. The van der Waals surface area contributed by atoms with Gasteiger partial charge in [-0.1, -0.05) is 0 Å². The highest BCUT2D eigenvalue weighted by Crippen LogP contribution is 2.41. The van der Waals surface area contributed by atoms with Gasteiger partial charge >= 0.3 is 11.4 Å². The van der Waals surface area contributed by atoms with Crippen molar-refractivity contribution in [3.05, 3.63) is 64.7 Å². The maximum Gasteiger partial charge on any atom is 0.319 e. The molecule has 0 saturated heterocycles. The first kappa shape index (κ1) is 33.8. The van der Waals surface area contributed by atoms with E-state index in [-0.39, 0.29) is 62.5 Å². The van der Waals surface area contributed by atoms with Crippen LogP contribution in [0.25, 0.3) is 0 Å². The number of aromatic hydroxyl groups is 2. The fraction of sp³-hybridized carbons (Fsp3) is 0.400. The molecular weight excluding hydrogens is 587 g/mol. The SMILES string of the molecule is O=[N+]([O-])c1cc(N(CCCl)CCCl)c(O)c([N+](=O)[O-])c1.O=[N+]([O-])c1cc(N(CCO)CCO)c(O)c([N+](=O)[O-])c1. The first-order valence-electron chi connectivity index (χ1n) is 11.0. The number of aliphatic hydroxyl groups is 2. The van der Waals surface area contributed by atoms with Gasteiger partial charge in [-0.25, -0.2) is 0 Å². The van der Waals surface area contributed by atoms with Gasteiger partial charge in [-0.2, -0.15) is 0 Å². The summed E-state index contributed by atoms with van der Waals surface area (Å²) in [6.07, 6.45) is 0. The molecule has 0 saturated carbocycles. The minimum atomic E-state index is -0.943. The fourth-order valence-corrected chi connectivity index (χ4v) is 3.71. The van der Waals surface area contributed by atoms with Crippen LogP contribution in [0.5, 0.6) is 11.5 Å². The number of phenols is 2. The first-order chi connectivity index (χ1) is 18.8. The Labute approximate surface area is 234 Å². The summed E-state index contributed by atoms with van der Waals surface area (Å²) in [5, 5.41) is 80.7. The summed E-state index contributed by atoms with van der Waals surface area (Å²) in [5.41, 5.74) is -2.82. The number of nitro benzene ring substituents is 4. The number of rotatable bonds is 14. The molecule has 220 valence electrons. The average Bonchev–Trinajstić information content (AvgIpc) is 2.88. The molecule has 0 amide bonds. The lowest BCUT2D eigenvalue weighted by Gasteiger charge is -2.23. The van der Waals surface area contributed by atoms with Crippen LogP contribution in [0.15, 0.2) is 24.3 Å². The van der Waals surface area contributed by atoms with Crippen LogP contribution in [0.4, 0.5) is 34.1 Å². The summed E-state index contributed by atoms with van der Waals surface area (Å²) >= 11 is 11.2. The van der Waals surface area contributed by atoms with Crippen LogP contribution in [0.1, 0.15) is 0 Å². The zero-order valence-electron chi connectivity index (χ0n) is 20.5. The van der Waals surface area contributed by atoms with Crippen molar-refractivity contribution >= 4 is 57.3 Å². The van der Waals surface area contributed by atoms with Gasteiger partial charge in [-0.15, -0.1) is 23.2 Å². The van der Waals surface area contributed by atoms with Crippen molar-refractivity contribution in [2.75, 3.05) is 61.0 Å². The first-order valence-corrected chi connectivity index (χ1v) is 12.1. The lowest BCUT2D eigenvalue weighted by atomic mass is 10.2. The number of nitro groups is 4. The van der Waals surface area contributed by atoms with Crippen LogP contribution < -0.4 is 9.80 Å². The summed E-state index contributed by atoms with van der Waals surface area (Å²) in [5.74, 6) is -1.04. The Morgan fingerprint density at radius 2 is 0.925 bits per heavy atom. The van der Waals surface area contributed by atoms with Crippen LogP contribution >= 0.6 is 23.2 Å². The lowest BCUT2D eigenvalue weighted by molar-refractivity contribution is -0.394. The highest BCUT2D eigenvalue weighted by molar-refractivity contribution is 6.18. The van der Waals surface area contributed by atoms with Gasteiger partial charge in [0.15, 0.2) is 0 Å². The number of anilines is 2. The lowest BCUT2D eigenvalue weighted by Crippen LogP contribution is -2.29. The minimum Gasteiger partial charge on any atom is -0.501 e. The molecule has 4 N–H and O–H groups in total. The molecule has 0 heterocycles. The average molecular weight is 611 g/mol. The van der Waals surface area contributed by atoms with Gasteiger partial charge in [0.05, 0.1) is 56.4 Å². The van der Waals surface area contributed by atoms with E-state index in [1.807, 2.05) is 0 Å². The van der Waals surface area contributed by atoms with Crippen LogP contribution in [-0.4, -0.2) is 91.3 Å². The third-order valence-electron chi connectivity index (χ3n) is 5.05. The number of hydrogen-bond donors (Lipinski definition) is 4. The number of nitrogens with zero attached hydrogens (tertiary/aromatic N) is 6. The van der Waals surface area contributed by atoms with Crippen LogP contribution in [0, 0.1) is 40.5 Å². The van der Waals surface area contributed by atoms with Gasteiger partial charge < -0.3 is 30.2 Å². The third kappa shape index (κ3) is 8.90. The summed E-state index contributed by atoms with van der Waals surface area (Å²) in [7, 11) is 0. The van der Waals surface area contributed by atoms with E-state index in [0.717, 1.165) is 12.1 Å². The van der Waals surface area contributed by atoms with E-state index < -0.39 is 53.9 Å². The molecule has 0 spiro atoms. The van der Waals surface area contributed by atoms with E-state index in [1.54, 1.807) is 0 Å². The predicted octanol–water partition coefficient (Wildman–Crippen LogP) is 2.49. The number of phenolic OH excluding ortho intramolecular Hbond substituents is 2. The summed E-state index contributed by atoms with van der Waals surface area (Å²) < 4.78 is 0. The second kappa shape index (κ2) is 16.0. The zero-order chi connectivity index (χ0) is 30.6. The van der Waals surface area contributed by atoms with E-state index >= 15 is 0 Å². The van der Waals surface area contributed by atoms with Crippen molar-refractivity contribution in [1.82, 2.24) is 0 Å². The van der Waals surface area contributed by atoms with Crippen molar-refractivity contribution in [3.63, 3.8) is 0 Å². The zero-order valence-corrected chi connectivity index (χ0v) is 22.0. The molecule has 0 bridgehead atoms. The van der Waals surface area contributed by atoms with Crippen LogP contribution in [0.2, 0.25) is 0 Å². The maximum absolute atomic E-state index is 10.8. The largest absolute Gasteiger partial charge is 0.501 e.